The van der Waals surface area contributed by atoms with Crippen LogP contribution in [0.1, 0.15) is 34.6 Å². The zero-order valence-electron chi connectivity index (χ0n) is 14.9. The summed E-state index contributed by atoms with van der Waals surface area (Å²) in [5.41, 5.74) is -1.33. The highest BCUT2D eigenvalue weighted by molar-refractivity contribution is 5.92. The van der Waals surface area contributed by atoms with E-state index in [0.29, 0.717) is 0 Å². The number of rotatable bonds is 7. The molecule has 0 aromatic rings. The lowest BCUT2D eigenvalue weighted by Gasteiger charge is -2.37. The fraction of sp³-hybridized carbons (Fsp3) is 0.800. The van der Waals surface area contributed by atoms with Crippen LogP contribution in [-0.2, 0) is 14.4 Å². The molecule has 0 aromatic heterocycles. The summed E-state index contributed by atoms with van der Waals surface area (Å²) in [6.07, 6.45) is 0. The van der Waals surface area contributed by atoms with Crippen molar-refractivity contribution < 1.29 is 19.5 Å². The van der Waals surface area contributed by atoms with E-state index < -0.39 is 23.5 Å². The molecular weight excluding hydrogens is 286 g/mol. The molecule has 0 heterocycles. The second kappa shape index (κ2) is 7.58. The summed E-state index contributed by atoms with van der Waals surface area (Å²) in [4.78, 5) is 40.5. The molecule has 2 atom stereocenters. The molecule has 2 amide bonds. The Morgan fingerprint density at radius 3 is 1.82 bits per heavy atom. The Labute approximate surface area is 132 Å². The van der Waals surface area contributed by atoms with Gasteiger partial charge in [-0.1, -0.05) is 6.92 Å². The van der Waals surface area contributed by atoms with Gasteiger partial charge in [0.05, 0.1) is 6.04 Å². The second-order valence-electron chi connectivity index (χ2n) is 6.14. The third kappa shape index (κ3) is 4.19. The van der Waals surface area contributed by atoms with Gasteiger partial charge < -0.3 is 14.9 Å². The van der Waals surface area contributed by atoms with Gasteiger partial charge in [0.15, 0.2) is 0 Å². The van der Waals surface area contributed by atoms with Crippen LogP contribution in [0.3, 0.4) is 0 Å². The lowest BCUT2D eigenvalue weighted by molar-refractivity contribution is -0.158. The van der Waals surface area contributed by atoms with Crippen LogP contribution in [0.4, 0.5) is 0 Å². The molecule has 0 aromatic carbocycles. The van der Waals surface area contributed by atoms with Crippen LogP contribution in [0, 0.1) is 0 Å². The van der Waals surface area contributed by atoms with Gasteiger partial charge in [-0.2, -0.15) is 0 Å². The van der Waals surface area contributed by atoms with Gasteiger partial charge >= 0.3 is 5.97 Å². The molecule has 128 valence electrons. The van der Waals surface area contributed by atoms with Crippen molar-refractivity contribution in [1.29, 1.82) is 0 Å². The number of carbonyl (C=O) groups excluding carboxylic acids is 2. The highest BCUT2D eigenvalue weighted by Crippen LogP contribution is 2.16. The van der Waals surface area contributed by atoms with E-state index in [0.717, 1.165) is 11.4 Å². The molecule has 0 fully saturated rings. The molecular formula is C15H29N3O4. The van der Waals surface area contributed by atoms with Gasteiger partial charge in [-0.25, -0.2) is 4.79 Å². The molecule has 0 saturated heterocycles. The number of aliphatic carboxylic acids is 1. The molecule has 0 radical (unpaired) electrons. The zero-order chi connectivity index (χ0) is 17.8. The van der Waals surface area contributed by atoms with Crippen molar-refractivity contribution in [2.45, 2.75) is 52.2 Å². The van der Waals surface area contributed by atoms with Crippen molar-refractivity contribution in [3.8, 4) is 0 Å². The van der Waals surface area contributed by atoms with Crippen molar-refractivity contribution in [3.05, 3.63) is 0 Å². The number of carboxylic acid groups (broad SMARTS) is 1. The lowest BCUT2D eigenvalue weighted by atomic mass is 10.0. The summed E-state index contributed by atoms with van der Waals surface area (Å²) in [7, 11) is 4.84. The number of hydrogen-bond acceptors (Lipinski definition) is 4. The highest BCUT2D eigenvalue weighted by Gasteiger charge is 2.38. The zero-order valence-corrected chi connectivity index (χ0v) is 14.9. The maximum atomic E-state index is 12.5. The van der Waals surface area contributed by atoms with Crippen molar-refractivity contribution in [2.24, 2.45) is 0 Å². The Morgan fingerprint density at radius 2 is 1.45 bits per heavy atom. The summed E-state index contributed by atoms with van der Waals surface area (Å²) in [6, 6.07) is -1.08. The Balaban J connectivity index is 5.10. The van der Waals surface area contributed by atoms with Crippen LogP contribution >= 0.6 is 0 Å². The number of nitrogens with zero attached hydrogens (tertiary/aromatic N) is 3. The van der Waals surface area contributed by atoms with E-state index in [2.05, 4.69) is 0 Å². The normalized spacial score (nSPS) is 14.4. The molecule has 7 heteroatoms. The number of likely N-dealkylation sites (N-methyl/N-ethyl adjacent to an activating group) is 3. The first-order valence-electron chi connectivity index (χ1n) is 7.37. The second-order valence-corrected chi connectivity index (χ2v) is 6.14. The molecule has 0 aliphatic rings. The maximum absolute atomic E-state index is 12.5. The van der Waals surface area contributed by atoms with Crippen molar-refractivity contribution in [3.63, 3.8) is 0 Å². The quantitative estimate of drug-likeness (QED) is 0.740. The third-order valence-corrected chi connectivity index (χ3v) is 4.50. The molecule has 7 nitrogen and oxygen atoms in total. The summed E-state index contributed by atoms with van der Waals surface area (Å²) >= 11 is 0. The monoisotopic (exact) mass is 315 g/mol. The average Bonchev–Trinajstić information content (AvgIpc) is 2.49. The average molecular weight is 315 g/mol. The minimum atomic E-state index is -1.33. The van der Waals surface area contributed by atoms with Crippen molar-refractivity contribution in [2.75, 3.05) is 27.7 Å². The Morgan fingerprint density at radius 1 is 1.00 bits per heavy atom. The van der Waals surface area contributed by atoms with Crippen LogP contribution in [0.25, 0.3) is 0 Å². The molecule has 22 heavy (non-hydrogen) atoms. The van der Waals surface area contributed by atoms with Crippen LogP contribution in [0.5, 0.6) is 0 Å². The van der Waals surface area contributed by atoms with Crippen LogP contribution in [0.15, 0.2) is 0 Å². The first kappa shape index (κ1) is 20.4. The molecule has 0 spiro atoms. The van der Waals surface area contributed by atoms with Gasteiger partial charge in [-0.3, -0.25) is 14.5 Å². The Kier molecular flexibility index (Phi) is 7.02. The fourth-order valence-corrected chi connectivity index (χ4v) is 1.81. The van der Waals surface area contributed by atoms with E-state index >= 15 is 0 Å². The maximum Gasteiger partial charge on any atom is 0.329 e. The third-order valence-electron chi connectivity index (χ3n) is 4.50. The summed E-state index contributed by atoms with van der Waals surface area (Å²) in [5, 5.41) is 9.20. The van der Waals surface area contributed by atoms with E-state index in [1.165, 1.54) is 25.8 Å². The van der Waals surface area contributed by atoms with Crippen LogP contribution in [0.2, 0.25) is 0 Å². The van der Waals surface area contributed by atoms with E-state index in [1.54, 1.807) is 20.9 Å². The van der Waals surface area contributed by atoms with E-state index in [4.69, 9.17) is 0 Å². The molecule has 0 saturated carbocycles. The summed E-state index contributed by atoms with van der Waals surface area (Å²) in [5.74, 6) is -1.68. The van der Waals surface area contributed by atoms with Gasteiger partial charge in [0, 0.05) is 14.1 Å². The van der Waals surface area contributed by atoms with E-state index in [1.807, 2.05) is 18.9 Å². The van der Waals surface area contributed by atoms with Gasteiger partial charge in [-0.05, 0) is 41.3 Å². The van der Waals surface area contributed by atoms with Crippen LogP contribution in [-0.4, -0.2) is 82.9 Å². The standard InChI is InChI=1S/C15H29N3O4/c1-9-16(6)10(2)12(19)17(7)11(3)13(20)18(8)15(4,5)14(21)22/h10-11H,9H2,1-8H3,(H,21,22). The molecule has 1 N–H and O–H groups in total. The van der Waals surface area contributed by atoms with Gasteiger partial charge in [0.2, 0.25) is 11.8 Å². The van der Waals surface area contributed by atoms with E-state index in [-0.39, 0.29) is 11.9 Å². The predicted octanol–water partition coefficient (Wildman–Crippen LogP) is 0.495. The first-order valence-corrected chi connectivity index (χ1v) is 7.37. The Hall–Kier alpha value is -1.63. The largest absolute Gasteiger partial charge is 0.480 e. The predicted molar refractivity (Wildman–Crippen MR) is 84.5 cm³/mol. The number of carboxylic acids is 1. The highest BCUT2D eigenvalue weighted by atomic mass is 16.4. The Bertz CT molecular complexity index is 437. The van der Waals surface area contributed by atoms with E-state index in [9.17, 15) is 19.5 Å². The number of amides is 2. The van der Waals surface area contributed by atoms with Crippen molar-refractivity contribution >= 4 is 17.8 Å². The van der Waals surface area contributed by atoms with Crippen LogP contribution < -0.4 is 0 Å². The molecule has 0 aliphatic heterocycles. The molecule has 0 aliphatic carbocycles. The molecule has 2 unspecified atom stereocenters. The summed E-state index contributed by atoms with van der Waals surface area (Å²) < 4.78 is 0. The topological polar surface area (TPSA) is 81.2 Å². The molecule has 0 bridgehead atoms. The summed E-state index contributed by atoms with van der Waals surface area (Å²) in [6.45, 7) is 8.96. The number of hydrogen-bond donors (Lipinski definition) is 1. The molecule has 0 rings (SSSR count). The lowest BCUT2D eigenvalue weighted by Crippen LogP contribution is -2.58. The fourth-order valence-electron chi connectivity index (χ4n) is 1.81. The SMILES string of the molecule is CCN(C)C(C)C(=O)N(C)C(C)C(=O)N(C)C(C)(C)C(=O)O. The van der Waals surface area contributed by atoms with Gasteiger partial charge in [0.1, 0.15) is 11.6 Å². The minimum absolute atomic E-state index is 0.174. The smallest absolute Gasteiger partial charge is 0.329 e. The minimum Gasteiger partial charge on any atom is -0.480 e. The number of carbonyl (C=O) groups is 3. The first-order chi connectivity index (χ1) is 9.89. The van der Waals surface area contributed by atoms with Crippen molar-refractivity contribution in [1.82, 2.24) is 14.7 Å². The van der Waals surface area contributed by atoms with Gasteiger partial charge in [0.25, 0.3) is 0 Å². The van der Waals surface area contributed by atoms with Gasteiger partial charge in [-0.15, -0.1) is 0 Å².